The number of methoxy groups -OCH3 is 1. The lowest BCUT2D eigenvalue weighted by molar-refractivity contribution is -0.140. The van der Waals surface area contributed by atoms with E-state index in [0.717, 1.165) is 32.3 Å². The molecule has 0 heterocycles. The van der Waals surface area contributed by atoms with Gasteiger partial charge in [-0.2, -0.15) is 0 Å². The third kappa shape index (κ3) is 5.78. The molecule has 4 atom stereocenters. The SMILES string of the molecule is COC1C(CC(O)CN)C(OCCCc2ccccc2)CCC1(C)C. The van der Waals surface area contributed by atoms with Gasteiger partial charge in [-0.25, -0.2) is 0 Å². The summed E-state index contributed by atoms with van der Waals surface area (Å²) in [6.45, 7) is 5.52. The molecule has 1 aromatic rings. The minimum Gasteiger partial charge on any atom is -0.392 e. The predicted octanol–water partition coefficient (Wildman–Crippen LogP) is 3.17. The van der Waals surface area contributed by atoms with Crippen LogP contribution in [-0.2, 0) is 15.9 Å². The zero-order valence-electron chi connectivity index (χ0n) is 16.0. The van der Waals surface area contributed by atoms with Crippen LogP contribution in [-0.4, -0.2) is 43.7 Å². The lowest BCUT2D eigenvalue weighted by Gasteiger charge is -2.47. The van der Waals surface area contributed by atoms with Crippen LogP contribution in [0.3, 0.4) is 0 Å². The van der Waals surface area contributed by atoms with Gasteiger partial charge >= 0.3 is 0 Å². The van der Waals surface area contributed by atoms with Crippen molar-refractivity contribution in [3.8, 4) is 0 Å². The lowest BCUT2D eigenvalue weighted by Crippen LogP contribution is -2.50. The molecule has 1 fully saturated rings. The number of rotatable bonds is 9. The summed E-state index contributed by atoms with van der Waals surface area (Å²) < 4.78 is 12.1. The molecule has 1 aliphatic rings. The molecule has 4 heteroatoms. The molecule has 0 amide bonds. The number of benzene rings is 1. The summed E-state index contributed by atoms with van der Waals surface area (Å²) in [7, 11) is 1.77. The molecular formula is C21H35NO3. The van der Waals surface area contributed by atoms with Crippen LogP contribution in [0.5, 0.6) is 0 Å². The van der Waals surface area contributed by atoms with Gasteiger partial charge < -0.3 is 20.3 Å². The minimum absolute atomic E-state index is 0.0848. The van der Waals surface area contributed by atoms with E-state index in [2.05, 4.69) is 38.1 Å². The highest BCUT2D eigenvalue weighted by molar-refractivity contribution is 5.14. The molecule has 1 saturated carbocycles. The van der Waals surface area contributed by atoms with Crippen molar-refractivity contribution in [2.24, 2.45) is 17.1 Å². The Kier molecular flexibility index (Phi) is 7.88. The van der Waals surface area contributed by atoms with E-state index < -0.39 is 6.10 Å². The third-order valence-electron chi connectivity index (χ3n) is 5.56. The van der Waals surface area contributed by atoms with Crippen LogP contribution in [0, 0.1) is 11.3 Å². The van der Waals surface area contributed by atoms with E-state index in [4.69, 9.17) is 15.2 Å². The Morgan fingerprint density at radius 2 is 2.00 bits per heavy atom. The number of hydrogen-bond donors (Lipinski definition) is 2. The largest absolute Gasteiger partial charge is 0.392 e. The van der Waals surface area contributed by atoms with E-state index in [1.165, 1.54) is 5.56 Å². The van der Waals surface area contributed by atoms with Crippen LogP contribution in [0.25, 0.3) is 0 Å². The number of aliphatic hydroxyl groups is 1. The van der Waals surface area contributed by atoms with Gasteiger partial charge in [-0.1, -0.05) is 44.2 Å². The van der Waals surface area contributed by atoms with Crippen molar-refractivity contribution >= 4 is 0 Å². The average Bonchev–Trinajstić information content (AvgIpc) is 2.61. The van der Waals surface area contributed by atoms with E-state index in [9.17, 15) is 5.11 Å². The molecule has 1 aliphatic carbocycles. The highest BCUT2D eigenvalue weighted by Crippen LogP contribution is 2.43. The van der Waals surface area contributed by atoms with Gasteiger partial charge in [-0.05, 0) is 43.1 Å². The monoisotopic (exact) mass is 349 g/mol. The number of nitrogens with two attached hydrogens (primary N) is 1. The van der Waals surface area contributed by atoms with Crippen molar-refractivity contribution in [3.05, 3.63) is 35.9 Å². The maximum absolute atomic E-state index is 10.1. The minimum atomic E-state index is -0.494. The summed E-state index contributed by atoms with van der Waals surface area (Å²) in [4.78, 5) is 0. The normalized spacial score (nSPS) is 27.2. The highest BCUT2D eigenvalue weighted by atomic mass is 16.5. The molecule has 0 aliphatic heterocycles. The van der Waals surface area contributed by atoms with Crippen LogP contribution in [0.2, 0.25) is 0 Å². The summed E-state index contributed by atoms with van der Waals surface area (Å²) in [5.41, 5.74) is 7.09. The van der Waals surface area contributed by atoms with E-state index in [0.29, 0.717) is 6.42 Å². The van der Waals surface area contributed by atoms with E-state index in [-0.39, 0.29) is 30.1 Å². The predicted molar refractivity (Wildman–Crippen MR) is 101 cm³/mol. The number of aryl methyl sites for hydroxylation is 1. The average molecular weight is 350 g/mol. The molecule has 3 N–H and O–H groups in total. The molecule has 0 bridgehead atoms. The molecule has 25 heavy (non-hydrogen) atoms. The fourth-order valence-electron chi connectivity index (χ4n) is 4.19. The molecule has 2 rings (SSSR count). The molecule has 0 radical (unpaired) electrons. The van der Waals surface area contributed by atoms with Gasteiger partial charge in [0, 0.05) is 26.2 Å². The Bertz CT molecular complexity index is 491. The van der Waals surface area contributed by atoms with Crippen LogP contribution in [0.1, 0.15) is 45.1 Å². The Morgan fingerprint density at radius 3 is 2.64 bits per heavy atom. The standard InChI is InChI=1S/C21H35NO3/c1-21(2)12-11-19(18(20(21)24-3)14-17(23)15-22)25-13-7-10-16-8-5-4-6-9-16/h4-6,8-9,17-20,23H,7,10-15,22H2,1-3H3. The first-order valence-corrected chi connectivity index (χ1v) is 9.54. The highest BCUT2D eigenvalue weighted by Gasteiger charge is 2.45. The topological polar surface area (TPSA) is 64.7 Å². The van der Waals surface area contributed by atoms with Crippen LogP contribution in [0.15, 0.2) is 30.3 Å². The van der Waals surface area contributed by atoms with Gasteiger partial charge in [0.25, 0.3) is 0 Å². The second-order valence-corrected chi connectivity index (χ2v) is 7.97. The van der Waals surface area contributed by atoms with Gasteiger partial charge in [0.2, 0.25) is 0 Å². The molecule has 4 nitrogen and oxygen atoms in total. The lowest BCUT2D eigenvalue weighted by atomic mass is 9.66. The van der Waals surface area contributed by atoms with Gasteiger partial charge in [0.05, 0.1) is 18.3 Å². The first kappa shape index (κ1) is 20.4. The maximum Gasteiger partial charge on any atom is 0.0676 e. The first-order valence-electron chi connectivity index (χ1n) is 9.54. The maximum atomic E-state index is 10.1. The summed E-state index contributed by atoms with van der Waals surface area (Å²) in [5, 5.41) is 10.1. The molecule has 0 aromatic heterocycles. The zero-order valence-corrected chi connectivity index (χ0v) is 16.0. The molecule has 142 valence electrons. The van der Waals surface area contributed by atoms with Gasteiger partial charge in [-0.15, -0.1) is 0 Å². The Morgan fingerprint density at radius 1 is 1.28 bits per heavy atom. The Labute approximate surface area is 152 Å². The molecule has 4 unspecified atom stereocenters. The Balaban J connectivity index is 1.91. The van der Waals surface area contributed by atoms with Crippen molar-refractivity contribution in [1.82, 2.24) is 0 Å². The molecular weight excluding hydrogens is 314 g/mol. The van der Waals surface area contributed by atoms with Gasteiger partial charge in [0.1, 0.15) is 0 Å². The summed E-state index contributed by atoms with van der Waals surface area (Å²) in [6.07, 6.45) is 4.49. The summed E-state index contributed by atoms with van der Waals surface area (Å²) in [6, 6.07) is 10.5. The van der Waals surface area contributed by atoms with Crippen molar-refractivity contribution in [3.63, 3.8) is 0 Å². The molecule has 0 spiro atoms. The molecule has 0 saturated heterocycles. The van der Waals surface area contributed by atoms with Crippen LogP contribution < -0.4 is 5.73 Å². The van der Waals surface area contributed by atoms with Crippen LogP contribution >= 0.6 is 0 Å². The van der Waals surface area contributed by atoms with Crippen molar-refractivity contribution in [2.45, 2.75) is 64.3 Å². The fourth-order valence-corrected chi connectivity index (χ4v) is 4.19. The number of hydrogen-bond acceptors (Lipinski definition) is 4. The van der Waals surface area contributed by atoms with Crippen molar-refractivity contribution < 1.29 is 14.6 Å². The van der Waals surface area contributed by atoms with E-state index in [1.807, 2.05) is 6.07 Å². The van der Waals surface area contributed by atoms with Gasteiger partial charge in [0.15, 0.2) is 0 Å². The van der Waals surface area contributed by atoms with Gasteiger partial charge in [-0.3, -0.25) is 0 Å². The number of ether oxygens (including phenoxy) is 2. The quantitative estimate of drug-likeness (QED) is 0.672. The Hall–Kier alpha value is -0.940. The van der Waals surface area contributed by atoms with E-state index >= 15 is 0 Å². The first-order chi connectivity index (χ1) is 12.0. The summed E-state index contributed by atoms with van der Waals surface area (Å²) >= 11 is 0. The fraction of sp³-hybridized carbons (Fsp3) is 0.714. The van der Waals surface area contributed by atoms with Crippen molar-refractivity contribution in [2.75, 3.05) is 20.3 Å². The second-order valence-electron chi connectivity index (χ2n) is 7.97. The summed E-state index contributed by atoms with van der Waals surface area (Å²) in [5.74, 6) is 0.184. The zero-order chi connectivity index (χ0) is 18.3. The van der Waals surface area contributed by atoms with Crippen LogP contribution in [0.4, 0.5) is 0 Å². The van der Waals surface area contributed by atoms with E-state index in [1.54, 1.807) is 7.11 Å². The van der Waals surface area contributed by atoms with Crippen molar-refractivity contribution in [1.29, 1.82) is 0 Å². The molecule has 1 aromatic carbocycles. The third-order valence-corrected chi connectivity index (χ3v) is 5.56. The second kappa shape index (κ2) is 9.67. The number of aliphatic hydroxyl groups excluding tert-OH is 1. The smallest absolute Gasteiger partial charge is 0.0676 e.